The number of hydrogen-bond donors (Lipinski definition) is 7. The maximum Gasteiger partial charge on any atom is 0.416 e. The minimum Gasteiger partial charge on any atom is -0.466 e. The van der Waals surface area contributed by atoms with E-state index in [1.165, 1.54) is 36.4 Å². The molecule has 0 bridgehead atoms. The third-order valence-corrected chi connectivity index (χ3v) is 10.7. The van der Waals surface area contributed by atoms with Gasteiger partial charge in [-0.3, -0.25) is 19.8 Å². The molecule has 0 aliphatic heterocycles. The van der Waals surface area contributed by atoms with Crippen LogP contribution in [0, 0.1) is 0 Å². The molecule has 6 aromatic carbocycles. The van der Waals surface area contributed by atoms with Crippen LogP contribution in [0.4, 0.5) is 73.6 Å². The Morgan fingerprint density at radius 2 is 0.916 bits per heavy atom. The minimum absolute atomic E-state index is 0.0448. The lowest BCUT2D eigenvalue weighted by atomic mass is 10.1. The molecule has 9 N–H and O–H groups in total. The number of carbonyl (C=O) groups is 3. The molecule has 0 saturated carbocycles. The molecule has 1 amide bonds. The van der Waals surface area contributed by atoms with Gasteiger partial charge in [-0.25, -0.2) is 5.84 Å². The predicted molar refractivity (Wildman–Crippen MR) is 291 cm³/mol. The monoisotopic (exact) mass is 1180 g/mol. The van der Waals surface area contributed by atoms with Gasteiger partial charge in [-0.05, 0) is 123 Å². The van der Waals surface area contributed by atoms with Crippen LogP contribution in [0.15, 0.2) is 154 Å². The molecule has 0 spiro atoms. The molecule has 0 saturated heterocycles. The molecule has 0 aliphatic rings. The number of aliphatic hydroxyl groups is 1. The third-order valence-electron chi connectivity index (χ3n) is 10.6. The number of thiocarbonyl (C=S) groups is 1. The summed E-state index contributed by atoms with van der Waals surface area (Å²) in [7, 11) is 0. The molecule has 2 aromatic heterocycles. The van der Waals surface area contributed by atoms with Gasteiger partial charge < -0.3 is 45.1 Å². The van der Waals surface area contributed by atoms with Gasteiger partial charge in [0.15, 0.2) is 0 Å². The number of nitrogens with one attached hydrogen (secondary N) is 4. The number of nitrogens with zero attached hydrogens (tertiary/aromatic N) is 4. The van der Waals surface area contributed by atoms with Crippen molar-refractivity contribution in [2.75, 3.05) is 35.8 Å². The van der Waals surface area contributed by atoms with Crippen molar-refractivity contribution in [1.82, 2.24) is 25.8 Å². The van der Waals surface area contributed by atoms with Gasteiger partial charge in [0.1, 0.15) is 6.42 Å². The number of anilines is 6. The molecule has 18 nitrogen and oxygen atoms in total. The van der Waals surface area contributed by atoms with Crippen LogP contribution in [-0.2, 0) is 50.4 Å². The molecule has 0 unspecified atom stereocenters. The second-order valence-electron chi connectivity index (χ2n) is 16.6. The van der Waals surface area contributed by atoms with Crippen molar-refractivity contribution in [3.8, 4) is 22.9 Å². The third kappa shape index (κ3) is 20.6. The Balaban J connectivity index is 0.000000214. The number of aromatic nitrogens is 4. The fourth-order valence-corrected chi connectivity index (χ4v) is 6.92. The fourth-order valence-electron chi connectivity index (χ4n) is 6.80. The molecular weight excluding hydrogens is 1130 g/mol. The van der Waals surface area contributed by atoms with E-state index in [1.807, 2.05) is 5.43 Å². The Labute approximate surface area is 472 Å². The van der Waals surface area contributed by atoms with Crippen molar-refractivity contribution < 1.29 is 77.3 Å². The Kier molecular flexibility index (Phi) is 23.6. The number of alkyl halides is 9. The van der Waals surface area contributed by atoms with E-state index >= 15 is 0 Å². The van der Waals surface area contributed by atoms with Crippen LogP contribution in [0.5, 0.6) is 0 Å². The van der Waals surface area contributed by atoms with Crippen LogP contribution in [0.1, 0.15) is 59.1 Å². The smallest absolute Gasteiger partial charge is 0.416 e. The van der Waals surface area contributed by atoms with E-state index in [2.05, 4.69) is 53.3 Å². The summed E-state index contributed by atoms with van der Waals surface area (Å²) in [6.45, 7) is 3.95. The highest BCUT2D eigenvalue weighted by Crippen LogP contribution is 2.35. The highest BCUT2D eigenvalue weighted by molar-refractivity contribution is 7.80. The number of esters is 2. The van der Waals surface area contributed by atoms with E-state index in [-0.39, 0.29) is 61.1 Å². The number of hydrazine groups is 1. The number of nitrogens with two attached hydrogens (primary N) is 2. The molecule has 438 valence electrons. The molecular formula is C55H51F9N10O8S. The second-order valence-corrected chi connectivity index (χ2v) is 17.1. The first-order valence-electron chi connectivity index (χ1n) is 24.4. The van der Waals surface area contributed by atoms with Crippen LogP contribution in [-0.4, -0.2) is 68.2 Å². The molecule has 0 fully saturated rings. The maximum absolute atomic E-state index is 12.7. The molecule has 2 heterocycles. The van der Waals surface area contributed by atoms with Crippen molar-refractivity contribution in [3.05, 3.63) is 180 Å². The highest BCUT2D eigenvalue weighted by atomic mass is 32.1. The lowest BCUT2D eigenvalue weighted by Crippen LogP contribution is -2.30. The summed E-state index contributed by atoms with van der Waals surface area (Å²) in [6, 6.07) is 34.4. The number of benzene rings is 6. The number of rotatable bonds is 17. The van der Waals surface area contributed by atoms with Gasteiger partial charge in [-0.1, -0.05) is 48.6 Å². The molecule has 28 heteroatoms. The van der Waals surface area contributed by atoms with E-state index in [9.17, 15) is 53.9 Å². The van der Waals surface area contributed by atoms with Crippen LogP contribution in [0.2, 0.25) is 0 Å². The zero-order valence-corrected chi connectivity index (χ0v) is 44.5. The van der Waals surface area contributed by atoms with E-state index < -0.39 is 47.1 Å². The Bertz CT molecular complexity index is 3380. The van der Waals surface area contributed by atoms with Crippen LogP contribution >= 0.6 is 12.2 Å². The number of ether oxygens (including phenoxy) is 2. The average molecular weight is 1180 g/mol. The van der Waals surface area contributed by atoms with Gasteiger partial charge in [-0.15, -0.1) is 20.4 Å². The summed E-state index contributed by atoms with van der Waals surface area (Å²) in [5, 5.41) is 33.4. The number of carbonyl (C=O) groups excluding carboxylic acids is 3. The van der Waals surface area contributed by atoms with E-state index in [1.54, 1.807) is 86.6 Å². The fraction of sp³-hybridized carbons (Fsp3) is 0.200. The van der Waals surface area contributed by atoms with E-state index in [4.69, 9.17) is 30.3 Å². The molecule has 83 heavy (non-hydrogen) atoms. The van der Waals surface area contributed by atoms with E-state index in [0.29, 0.717) is 63.3 Å². The lowest BCUT2D eigenvalue weighted by Gasteiger charge is -2.12. The SMILES string of the molecule is CCOC(=O)CC(N)=S.CCOC(=O)Cc1nnc(-c2ccccc2Nc2ccc(C(F)(F)F)cc2)o1.NNC(=O)c1ccccc1Nc1ccc(C(F)(F)F)cc1.OCCc1nnc(-c2ccccc2Nc2ccc(C(F)(F)F)cc2)o1. The van der Waals surface area contributed by atoms with Gasteiger partial charge >= 0.3 is 30.5 Å². The minimum atomic E-state index is -4.39. The number of halogens is 9. The lowest BCUT2D eigenvalue weighted by molar-refractivity contribution is -0.143. The zero-order chi connectivity index (χ0) is 60.7. The summed E-state index contributed by atoms with van der Waals surface area (Å²) in [5.74, 6) is 4.61. The van der Waals surface area contributed by atoms with Crippen LogP contribution < -0.4 is 33.0 Å². The molecule has 8 aromatic rings. The quantitative estimate of drug-likeness (QED) is 0.0112. The number of amides is 1. The van der Waals surface area contributed by atoms with Crippen LogP contribution in [0.3, 0.4) is 0 Å². The van der Waals surface area contributed by atoms with Gasteiger partial charge in [-0.2, -0.15) is 39.5 Å². The number of nitrogen functional groups attached to an aromatic ring is 1. The Morgan fingerprint density at radius 1 is 0.542 bits per heavy atom. The first kappa shape index (κ1) is 64.4. The first-order valence-corrected chi connectivity index (χ1v) is 24.8. The van der Waals surface area contributed by atoms with Crippen LogP contribution in [0.25, 0.3) is 22.9 Å². The topological polar surface area (TPSA) is 268 Å². The standard InChI is InChI=1S/C19H16F3N3O3.C17H14F3N3O2.C14H12F3N3O.C5H9NO2S/c1-2-27-17(26)11-16-24-25-18(28-16)14-5-3-4-6-15(14)23-13-9-7-12(8-10-13)19(20,21)22;18-17(19,20)11-5-7-12(8-6-11)21-14-4-2-1-3-13(14)16-23-22-15(25-16)9-10-24;15-14(16,17)9-5-7-10(8-6-9)19-12-4-2-1-3-11(12)13(21)20-18;1-2-8-5(7)3-4(6)9/h3-10,23H,2,11H2,1H3;1-8,21,24H,9-10H2;1-8,19H,18H2,(H,20,21);2-3H2,1H3,(H2,6,9). The number of para-hydroxylation sites is 3. The highest BCUT2D eigenvalue weighted by Gasteiger charge is 2.32. The zero-order valence-electron chi connectivity index (χ0n) is 43.7. The van der Waals surface area contributed by atoms with Crippen molar-refractivity contribution in [1.29, 1.82) is 0 Å². The van der Waals surface area contributed by atoms with Crippen molar-refractivity contribution in [2.45, 2.75) is 51.6 Å². The van der Waals surface area contributed by atoms with Crippen molar-refractivity contribution >= 4 is 69.2 Å². The normalized spacial score (nSPS) is 11.0. The number of aliphatic hydroxyl groups excluding tert-OH is 1. The summed E-state index contributed by atoms with van der Waals surface area (Å²) < 4.78 is 134. The van der Waals surface area contributed by atoms with Gasteiger partial charge in [0.2, 0.25) is 23.6 Å². The molecule has 0 aliphatic carbocycles. The maximum atomic E-state index is 12.7. The second kappa shape index (κ2) is 30.4. The van der Waals surface area contributed by atoms with Gasteiger partial charge in [0.05, 0.1) is 81.7 Å². The first-order chi connectivity index (χ1) is 39.4. The van der Waals surface area contributed by atoms with Crippen molar-refractivity contribution in [3.63, 3.8) is 0 Å². The Hall–Kier alpha value is -9.41. The molecule has 0 atom stereocenters. The summed E-state index contributed by atoms with van der Waals surface area (Å²) >= 11 is 4.46. The molecule has 0 radical (unpaired) electrons. The average Bonchev–Trinajstić information content (AvgIpc) is 4.24. The van der Waals surface area contributed by atoms with Gasteiger partial charge in [0, 0.05) is 23.5 Å². The Morgan fingerprint density at radius 3 is 1.31 bits per heavy atom. The largest absolute Gasteiger partial charge is 0.466 e. The predicted octanol–water partition coefficient (Wildman–Crippen LogP) is 11.9. The summed E-state index contributed by atoms with van der Waals surface area (Å²) in [5.41, 5.74) is 9.35. The van der Waals surface area contributed by atoms with Gasteiger partial charge in [0.25, 0.3) is 5.91 Å². The number of hydrogen-bond acceptors (Lipinski definition) is 17. The van der Waals surface area contributed by atoms with E-state index in [0.717, 1.165) is 36.4 Å². The summed E-state index contributed by atoms with van der Waals surface area (Å²) in [4.78, 5) is 33.7. The summed E-state index contributed by atoms with van der Waals surface area (Å²) in [6.07, 6.45) is -13.0. The molecule has 8 rings (SSSR count). The van der Waals surface area contributed by atoms with Crippen molar-refractivity contribution in [2.24, 2.45) is 11.6 Å².